The minimum Gasteiger partial charge on any atom is -0.456 e. The van der Waals surface area contributed by atoms with Crippen LogP contribution < -0.4 is 15.2 Å². The van der Waals surface area contributed by atoms with Crippen LogP contribution in [0.4, 0.5) is 5.69 Å². The van der Waals surface area contributed by atoms with Crippen LogP contribution in [0.3, 0.4) is 0 Å². The number of anilines is 1. The monoisotopic (exact) mass is 357 g/mol. The molecule has 4 aromatic rings. The minimum absolute atomic E-state index is 0.187. The zero-order valence-electron chi connectivity index (χ0n) is 14.9. The lowest BCUT2D eigenvalue weighted by molar-refractivity contribution is 0.487. The summed E-state index contributed by atoms with van der Waals surface area (Å²) >= 11 is 0. The van der Waals surface area contributed by atoms with E-state index < -0.39 is 0 Å². The van der Waals surface area contributed by atoms with Crippen LogP contribution in [0.5, 0.6) is 11.5 Å². The lowest BCUT2D eigenvalue weighted by atomic mass is 10.2. The van der Waals surface area contributed by atoms with Crippen LogP contribution in [0.2, 0.25) is 0 Å². The van der Waals surface area contributed by atoms with Crippen LogP contribution in [0.1, 0.15) is 5.56 Å². The van der Waals surface area contributed by atoms with Crippen molar-refractivity contribution in [2.24, 2.45) is 0 Å². The molecule has 0 amide bonds. The van der Waals surface area contributed by atoms with E-state index >= 15 is 0 Å². The van der Waals surface area contributed by atoms with Crippen molar-refractivity contribution in [2.75, 3.05) is 11.9 Å². The average molecular weight is 357 g/mol. The molecule has 0 bridgehead atoms. The van der Waals surface area contributed by atoms with E-state index in [-0.39, 0.29) is 5.56 Å². The number of aromatic amines is 1. The molecule has 5 nitrogen and oxygen atoms in total. The summed E-state index contributed by atoms with van der Waals surface area (Å²) in [4.78, 5) is 21.0. The van der Waals surface area contributed by atoms with Crippen LogP contribution >= 0.6 is 0 Å². The van der Waals surface area contributed by atoms with E-state index in [1.807, 2.05) is 73.9 Å². The summed E-state index contributed by atoms with van der Waals surface area (Å²) in [7, 11) is 2.02. The van der Waals surface area contributed by atoms with Gasteiger partial charge < -0.3 is 14.6 Å². The zero-order valence-corrected chi connectivity index (χ0v) is 14.9. The summed E-state index contributed by atoms with van der Waals surface area (Å²) in [6.07, 6.45) is 3.63. The second-order valence-electron chi connectivity index (χ2n) is 6.36. The minimum atomic E-state index is -0.187. The molecular formula is C22H19N3O2. The number of rotatable bonds is 5. The summed E-state index contributed by atoms with van der Waals surface area (Å²) in [5, 5.41) is 0.867. The maximum absolute atomic E-state index is 11.9. The number of nitrogens with one attached hydrogen (secondary N) is 1. The van der Waals surface area contributed by atoms with Crippen LogP contribution in [0.25, 0.3) is 10.9 Å². The molecule has 1 N–H and O–H groups in total. The molecule has 0 unspecified atom stereocenters. The smallest absolute Gasteiger partial charge is 0.252 e. The number of para-hydroxylation sites is 1. The Balaban J connectivity index is 1.61. The van der Waals surface area contributed by atoms with Gasteiger partial charge >= 0.3 is 0 Å². The van der Waals surface area contributed by atoms with Gasteiger partial charge in [0.15, 0.2) is 0 Å². The molecule has 5 heteroatoms. The van der Waals surface area contributed by atoms with Gasteiger partial charge in [-0.25, -0.2) is 0 Å². The number of benzene rings is 2. The first-order valence-electron chi connectivity index (χ1n) is 8.69. The predicted octanol–water partition coefficient (Wildman–Crippen LogP) is 4.35. The molecule has 0 saturated carbocycles. The van der Waals surface area contributed by atoms with Crippen molar-refractivity contribution in [3.05, 3.63) is 95.0 Å². The highest BCUT2D eigenvalue weighted by molar-refractivity contribution is 5.84. The van der Waals surface area contributed by atoms with Crippen molar-refractivity contribution < 1.29 is 4.74 Å². The molecule has 2 aromatic carbocycles. The topological polar surface area (TPSA) is 58.2 Å². The highest BCUT2D eigenvalue weighted by atomic mass is 16.5. The summed E-state index contributed by atoms with van der Waals surface area (Å²) in [6, 6.07) is 20.9. The van der Waals surface area contributed by atoms with Gasteiger partial charge in [-0.1, -0.05) is 24.3 Å². The van der Waals surface area contributed by atoms with Crippen LogP contribution in [0.15, 0.2) is 83.9 Å². The number of hydrogen-bond donors (Lipinski definition) is 1. The highest BCUT2D eigenvalue weighted by Crippen LogP contribution is 2.29. The molecule has 2 heterocycles. The number of nitrogens with zero attached hydrogens (tertiary/aromatic N) is 2. The molecule has 4 rings (SSSR count). The van der Waals surface area contributed by atoms with Crippen LogP contribution in [-0.2, 0) is 6.54 Å². The fourth-order valence-corrected chi connectivity index (χ4v) is 3.03. The summed E-state index contributed by atoms with van der Waals surface area (Å²) in [6.45, 7) is 0.741. The van der Waals surface area contributed by atoms with E-state index in [1.165, 1.54) is 6.07 Å². The van der Waals surface area contributed by atoms with Gasteiger partial charge in [-0.2, -0.15) is 0 Å². The molecule has 0 atom stereocenters. The SMILES string of the molecule is CN(Cc1cccnc1)c1cccc(Oc2cc(=O)[nH]c3ccccc23)c1. The molecular weight excluding hydrogens is 338 g/mol. The van der Waals surface area contributed by atoms with Crippen LogP contribution in [0, 0.1) is 0 Å². The lowest BCUT2D eigenvalue weighted by Gasteiger charge is -2.20. The average Bonchev–Trinajstić information content (AvgIpc) is 2.69. The maximum atomic E-state index is 11.9. The van der Waals surface area contributed by atoms with E-state index in [0.29, 0.717) is 11.5 Å². The maximum Gasteiger partial charge on any atom is 0.252 e. The van der Waals surface area contributed by atoms with Crippen molar-refractivity contribution in [3.8, 4) is 11.5 Å². The zero-order chi connectivity index (χ0) is 18.6. The van der Waals surface area contributed by atoms with E-state index in [1.54, 1.807) is 6.20 Å². The molecule has 2 aromatic heterocycles. The predicted molar refractivity (Wildman–Crippen MR) is 107 cm³/mol. The molecule has 0 aliphatic heterocycles. The van der Waals surface area contributed by atoms with Crippen molar-refractivity contribution in [2.45, 2.75) is 6.54 Å². The third-order valence-electron chi connectivity index (χ3n) is 4.34. The number of aromatic nitrogens is 2. The Bertz CT molecular complexity index is 1120. The number of H-pyrrole nitrogens is 1. The number of ether oxygens (including phenoxy) is 1. The van der Waals surface area contributed by atoms with Gasteiger partial charge in [-0.05, 0) is 35.9 Å². The summed E-state index contributed by atoms with van der Waals surface area (Å²) in [5.41, 5.74) is 2.72. The van der Waals surface area contributed by atoms with Gasteiger partial charge in [-0.3, -0.25) is 9.78 Å². The van der Waals surface area contributed by atoms with Gasteiger partial charge in [0.05, 0.1) is 5.52 Å². The Morgan fingerprint density at radius 3 is 2.78 bits per heavy atom. The Morgan fingerprint density at radius 2 is 1.93 bits per heavy atom. The molecule has 134 valence electrons. The van der Waals surface area contributed by atoms with Crippen molar-refractivity contribution in [3.63, 3.8) is 0 Å². The quantitative estimate of drug-likeness (QED) is 0.577. The Labute approximate surface area is 156 Å². The molecule has 0 aliphatic carbocycles. The Kier molecular flexibility index (Phi) is 4.58. The third kappa shape index (κ3) is 3.82. The Morgan fingerprint density at radius 1 is 1.04 bits per heavy atom. The number of hydrogen-bond acceptors (Lipinski definition) is 4. The lowest BCUT2D eigenvalue weighted by Crippen LogP contribution is -2.16. The van der Waals surface area contributed by atoms with Crippen molar-refractivity contribution >= 4 is 16.6 Å². The Hall–Kier alpha value is -3.60. The normalized spacial score (nSPS) is 10.7. The largest absolute Gasteiger partial charge is 0.456 e. The molecule has 0 fully saturated rings. The molecule has 0 aliphatic rings. The fourth-order valence-electron chi connectivity index (χ4n) is 3.03. The second kappa shape index (κ2) is 7.33. The fraction of sp³-hybridized carbons (Fsp3) is 0.0909. The molecule has 0 saturated heterocycles. The molecule has 0 spiro atoms. The van der Waals surface area contributed by atoms with Gasteiger partial charge in [0, 0.05) is 49.2 Å². The van der Waals surface area contributed by atoms with Gasteiger partial charge in [0.2, 0.25) is 0 Å². The number of pyridine rings is 2. The summed E-state index contributed by atoms with van der Waals surface area (Å²) < 4.78 is 6.05. The van der Waals surface area contributed by atoms with E-state index in [9.17, 15) is 4.79 Å². The standard InChI is InChI=1S/C22H19N3O2/c1-25(15-16-6-5-11-23-14-16)17-7-4-8-18(12-17)27-21-13-22(26)24-20-10-3-2-9-19(20)21/h2-14H,15H2,1H3,(H,24,26). The first-order valence-corrected chi connectivity index (χ1v) is 8.69. The third-order valence-corrected chi connectivity index (χ3v) is 4.34. The van der Waals surface area contributed by atoms with Crippen molar-refractivity contribution in [1.29, 1.82) is 0 Å². The van der Waals surface area contributed by atoms with E-state index in [2.05, 4.69) is 14.9 Å². The van der Waals surface area contributed by atoms with Gasteiger partial charge in [-0.15, -0.1) is 0 Å². The first-order chi connectivity index (χ1) is 13.2. The van der Waals surface area contributed by atoms with Gasteiger partial charge in [0.25, 0.3) is 5.56 Å². The first kappa shape index (κ1) is 16.8. The highest BCUT2D eigenvalue weighted by Gasteiger charge is 2.08. The molecule has 0 radical (unpaired) electrons. The number of fused-ring (bicyclic) bond motifs is 1. The van der Waals surface area contributed by atoms with E-state index in [0.717, 1.165) is 28.7 Å². The van der Waals surface area contributed by atoms with Crippen molar-refractivity contribution in [1.82, 2.24) is 9.97 Å². The second-order valence-corrected chi connectivity index (χ2v) is 6.36. The van der Waals surface area contributed by atoms with Gasteiger partial charge in [0.1, 0.15) is 11.5 Å². The van der Waals surface area contributed by atoms with Crippen LogP contribution in [-0.4, -0.2) is 17.0 Å². The van der Waals surface area contributed by atoms with E-state index in [4.69, 9.17) is 4.74 Å². The summed E-state index contributed by atoms with van der Waals surface area (Å²) in [5.74, 6) is 1.22. The molecule has 27 heavy (non-hydrogen) atoms.